The topological polar surface area (TPSA) is 60.0 Å². The van der Waals surface area contributed by atoms with E-state index in [-0.39, 0.29) is 5.91 Å². The summed E-state index contributed by atoms with van der Waals surface area (Å²) in [5.41, 5.74) is 3.24. The predicted molar refractivity (Wildman–Crippen MR) is 142 cm³/mol. The predicted octanol–water partition coefficient (Wildman–Crippen LogP) is 4.93. The normalized spacial score (nSPS) is 14.9. The number of benzene rings is 3. The number of hydrogen-bond donors (Lipinski definition) is 1. The number of amides is 1. The van der Waals surface area contributed by atoms with Crippen molar-refractivity contribution < 1.29 is 19.0 Å². The van der Waals surface area contributed by atoms with Crippen molar-refractivity contribution in [1.82, 2.24) is 10.2 Å². The minimum Gasteiger partial charge on any atom is -0.492 e. The minimum atomic E-state index is -0.604. The molecule has 6 nitrogen and oxygen atoms in total. The van der Waals surface area contributed by atoms with Crippen LogP contribution in [0.5, 0.6) is 11.5 Å². The molecule has 0 aliphatic carbocycles. The zero-order valence-corrected chi connectivity index (χ0v) is 21.2. The van der Waals surface area contributed by atoms with Crippen LogP contribution in [0.4, 0.5) is 0 Å². The van der Waals surface area contributed by atoms with Gasteiger partial charge in [0.25, 0.3) is 5.91 Å². The van der Waals surface area contributed by atoms with Gasteiger partial charge in [0.1, 0.15) is 18.1 Å². The summed E-state index contributed by atoms with van der Waals surface area (Å²) in [6, 6.07) is 26.4. The maximum Gasteiger partial charge on any atom is 0.261 e. The molecule has 1 heterocycles. The van der Waals surface area contributed by atoms with Crippen LogP contribution in [0.25, 0.3) is 11.1 Å². The maximum absolute atomic E-state index is 12.6. The SMILES string of the molecule is CC(Oc1ccc(-c2ccccc2)cc1)C(=O)NCc1cccc(OCCN(C)C2CCOCC2)c1. The minimum absolute atomic E-state index is 0.161. The van der Waals surface area contributed by atoms with Gasteiger partial charge in [-0.25, -0.2) is 0 Å². The van der Waals surface area contributed by atoms with Crippen LogP contribution in [-0.4, -0.2) is 56.4 Å². The Morgan fingerprint density at radius 1 is 0.972 bits per heavy atom. The van der Waals surface area contributed by atoms with Crippen molar-refractivity contribution in [3.8, 4) is 22.6 Å². The molecule has 1 amide bonds. The number of ether oxygens (including phenoxy) is 3. The molecular formula is C30H36N2O4. The second kappa shape index (κ2) is 13.1. The van der Waals surface area contributed by atoms with Crippen LogP contribution in [0, 0.1) is 0 Å². The molecule has 6 heteroatoms. The average Bonchev–Trinajstić information content (AvgIpc) is 2.93. The highest BCUT2D eigenvalue weighted by Crippen LogP contribution is 2.23. The molecule has 190 valence electrons. The van der Waals surface area contributed by atoms with E-state index in [2.05, 4.69) is 29.4 Å². The van der Waals surface area contributed by atoms with Crippen molar-refractivity contribution in [3.05, 3.63) is 84.4 Å². The van der Waals surface area contributed by atoms with Crippen molar-refractivity contribution in [2.24, 2.45) is 0 Å². The summed E-state index contributed by atoms with van der Waals surface area (Å²) in [7, 11) is 2.15. The first-order chi connectivity index (χ1) is 17.6. The van der Waals surface area contributed by atoms with E-state index >= 15 is 0 Å². The van der Waals surface area contributed by atoms with Gasteiger partial charge < -0.3 is 19.5 Å². The maximum atomic E-state index is 12.6. The molecule has 0 aromatic heterocycles. The number of nitrogens with one attached hydrogen (secondary N) is 1. The van der Waals surface area contributed by atoms with E-state index in [9.17, 15) is 4.79 Å². The molecule has 0 spiro atoms. The number of carbonyl (C=O) groups excluding carboxylic acids is 1. The van der Waals surface area contributed by atoms with Crippen LogP contribution in [0.1, 0.15) is 25.3 Å². The number of carbonyl (C=O) groups is 1. The van der Waals surface area contributed by atoms with Crippen LogP contribution >= 0.6 is 0 Å². The molecule has 36 heavy (non-hydrogen) atoms. The molecule has 1 atom stereocenters. The molecule has 0 bridgehead atoms. The van der Waals surface area contributed by atoms with Gasteiger partial charge in [-0.15, -0.1) is 0 Å². The molecule has 3 aromatic carbocycles. The fourth-order valence-corrected chi connectivity index (χ4v) is 4.31. The van der Waals surface area contributed by atoms with Gasteiger partial charge in [0.05, 0.1) is 0 Å². The first-order valence-corrected chi connectivity index (χ1v) is 12.7. The van der Waals surface area contributed by atoms with E-state index < -0.39 is 6.10 Å². The zero-order chi connectivity index (χ0) is 25.2. The highest BCUT2D eigenvalue weighted by molar-refractivity contribution is 5.80. The second-order valence-electron chi connectivity index (χ2n) is 9.19. The lowest BCUT2D eigenvalue weighted by molar-refractivity contribution is -0.127. The van der Waals surface area contributed by atoms with E-state index in [1.54, 1.807) is 6.92 Å². The summed E-state index contributed by atoms with van der Waals surface area (Å²) >= 11 is 0. The summed E-state index contributed by atoms with van der Waals surface area (Å²) in [6.07, 6.45) is 1.55. The quantitative estimate of drug-likeness (QED) is 0.415. The molecule has 1 fully saturated rings. The van der Waals surface area contributed by atoms with Gasteiger partial charge in [0, 0.05) is 32.3 Å². The summed E-state index contributed by atoms with van der Waals surface area (Å²) in [6.45, 7) is 5.35. The van der Waals surface area contributed by atoms with Crippen molar-refractivity contribution in [2.45, 2.75) is 38.5 Å². The van der Waals surface area contributed by atoms with Gasteiger partial charge in [-0.1, -0.05) is 54.6 Å². The largest absolute Gasteiger partial charge is 0.492 e. The van der Waals surface area contributed by atoms with Crippen molar-refractivity contribution in [1.29, 1.82) is 0 Å². The summed E-state index contributed by atoms with van der Waals surface area (Å²) in [4.78, 5) is 15.0. The molecule has 1 aliphatic heterocycles. The summed E-state index contributed by atoms with van der Waals surface area (Å²) in [5, 5.41) is 2.96. The van der Waals surface area contributed by atoms with E-state index in [1.165, 1.54) is 0 Å². The Bertz CT molecular complexity index is 1080. The monoisotopic (exact) mass is 488 g/mol. The summed E-state index contributed by atoms with van der Waals surface area (Å²) in [5.74, 6) is 1.31. The zero-order valence-electron chi connectivity index (χ0n) is 21.2. The molecule has 1 unspecified atom stereocenters. The molecule has 4 rings (SSSR count). The van der Waals surface area contributed by atoms with Gasteiger partial charge in [-0.3, -0.25) is 9.69 Å². The van der Waals surface area contributed by atoms with Crippen molar-refractivity contribution in [3.63, 3.8) is 0 Å². The fraction of sp³-hybridized carbons (Fsp3) is 0.367. The molecular weight excluding hydrogens is 452 g/mol. The van der Waals surface area contributed by atoms with Crippen LogP contribution in [0.15, 0.2) is 78.9 Å². The molecule has 0 saturated carbocycles. The van der Waals surface area contributed by atoms with E-state index in [1.807, 2.05) is 66.7 Å². The lowest BCUT2D eigenvalue weighted by Gasteiger charge is -2.31. The molecule has 1 saturated heterocycles. The number of hydrogen-bond acceptors (Lipinski definition) is 5. The third-order valence-electron chi connectivity index (χ3n) is 6.54. The Balaban J connectivity index is 1.20. The second-order valence-corrected chi connectivity index (χ2v) is 9.19. The van der Waals surface area contributed by atoms with E-state index in [0.717, 1.165) is 55.0 Å². The Labute approximate surface area is 214 Å². The fourth-order valence-electron chi connectivity index (χ4n) is 4.31. The third-order valence-corrected chi connectivity index (χ3v) is 6.54. The van der Waals surface area contributed by atoms with Crippen molar-refractivity contribution in [2.75, 3.05) is 33.4 Å². The standard InChI is InChI=1S/C30H36N2O4/c1-23(36-28-13-11-26(12-14-28)25-8-4-3-5-9-25)30(33)31-22-24-7-6-10-29(21-24)35-20-17-32(2)27-15-18-34-19-16-27/h3-14,21,23,27H,15-20,22H2,1-2H3,(H,31,33). The van der Waals surface area contributed by atoms with Gasteiger partial charge in [-0.05, 0) is 67.8 Å². The molecule has 1 N–H and O–H groups in total. The van der Waals surface area contributed by atoms with E-state index in [4.69, 9.17) is 14.2 Å². The number of rotatable bonds is 11. The molecule has 3 aromatic rings. The van der Waals surface area contributed by atoms with Crippen LogP contribution < -0.4 is 14.8 Å². The highest BCUT2D eigenvalue weighted by atomic mass is 16.5. The Morgan fingerprint density at radius 3 is 2.44 bits per heavy atom. The first kappa shape index (κ1) is 25.7. The Hall–Kier alpha value is -3.35. The van der Waals surface area contributed by atoms with Crippen LogP contribution in [-0.2, 0) is 16.1 Å². The van der Waals surface area contributed by atoms with Gasteiger partial charge in [0.15, 0.2) is 6.10 Å². The smallest absolute Gasteiger partial charge is 0.261 e. The van der Waals surface area contributed by atoms with Crippen molar-refractivity contribution >= 4 is 5.91 Å². The Morgan fingerprint density at radius 2 is 1.69 bits per heavy atom. The number of nitrogens with zero attached hydrogens (tertiary/aromatic N) is 1. The third kappa shape index (κ3) is 7.57. The highest BCUT2D eigenvalue weighted by Gasteiger charge is 2.18. The van der Waals surface area contributed by atoms with Gasteiger partial charge in [-0.2, -0.15) is 0 Å². The van der Waals surface area contributed by atoms with Crippen LogP contribution in [0.2, 0.25) is 0 Å². The lowest BCUT2D eigenvalue weighted by Crippen LogP contribution is -2.38. The average molecular weight is 489 g/mol. The number of likely N-dealkylation sites (N-methyl/N-ethyl adjacent to an activating group) is 1. The molecule has 1 aliphatic rings. The lowest BCUT2D eigenvalue weighted by atomic mass is 10.1. The Kier molecular flexibility index (Phi) is 9.36. The van der Waals surface area contributed by atoms with Crippen LogP contribution in [0.3, 0.4) is 0 Å². The first-order valence-electron chi connectivity index (χ1n) is 12.7. The van der Waals surface area contributed by atoms with Gasteiger partial charge >= 0.3 is 0 Å². The van der Waals surface area contributed by atoms with E-state index in [0.29, 0.717) is 24.9 Å². The summed E-state index contributed by atoms with van der Waals surface area (Å²) < 4.78 is 17.3. The molecule has 0 radical (unpaired) electrons. The van der Waals surface area contributed by atoms with Gasteiger partial charge in [0.2, 0.25) is 0 Å².